The molecule has 6 nitrogen and oxygen atoms in total. The van der Waals surface area contributed by atoms with Crippen molar-refractivity contribution in [3.63, 3.8) is 0 Å². The maximum Gasteiger partial charge on any atom is 0.235 e. The first-order valence-electron chi connectivity index (χ1n) is 6.14. The van der Waals surface area contributed by atoms with Crippen molar-refractivity contribution in [1.82, 2.24) is 5.32 Å². The van der Waals surface area contributed by atoms with E-state index in [1.807, 2.05) is 0 Å². The van der Waals surface area contributed by atoms with Gasteiger partial charge in [0.05, 0.1) is 17.2 Å². The zero-order valence-electron chi connectivity index (χ0n) is 11.8. The second kappa shape index (κ2) is 6.71. The van der Waals surface area contributed by atoms with Crippen LogP contribution in [0.5, 0.6) is 0 Å². The lowest BCUT2D eigenvalue weighted by Crippen LogP contribution is -2.39. The lowest BCUT2D eigenvalue weighted by molar-refractivity contribution is -0.119. The number of anilines is 1. The Labute approximate surface area is 119 Å². The van der Waals surface area contributed by atoms with Crippen LogP contribution in [0.25, 0.3) is 0 Å². The Balaban J connectivity index is 2.85. The summed E-state index contributed by atoms with van der Waals surface area (Å²) in [6.45, 7) is 3.77. The molecule has 0 radical (unpaired) electrons. The lowest BCUT2D eigenvalue weighted by atomic mass is 10.2. The molecule has 0 fully saturated rings. The Kier molecular flexibility index (Phi) is 5.52. The minimum Gasteiger partial charge on any atom is -0.397 e. The maximum absolute atomic E-state index is 12.2. The SMILES string of the molecule is COCC(C)NC(=O)CS(=O)(=O)c1cccc(C)c1N. The third-order valence-electron chi connectivity index (χ3n) is 2.76. The van der Waals surface area contributed by atoms with E-state index < -0.39 is 21.5 Å². The van der Waals surface area contributed by atoms with Gasteiger partial charge >= 0.3 is 0 Å². The number of sulfone groups is 1. The number of nitrogen functional groups attached to an aromatic ring is 1. The summed E-state index contributed by atoms with van der Waals surface area (Å²) in [5.41, 5.74) is 6.61. The highest BCUT2D eigenvalue weighted by Gasteiger charge is 2.23. The number of nitrogens with one attached hydrogen (secondary N) is 1. The molecule has 1 aromatic rings. The lowest BCUT2D eigenvalue weighted by Gasteiger charge is -2.13. The molecule has 1 atom stereocenters. The van der Waals surface area contributed by atoms with E-state index >= 15 is 0 Å². The molecule has 3 N–H and O–H groups in total. The molecule has 0 aliphatic heterocycles. The molecule has 1 amide bonds. The number of benzene rings is 1. The summed E-state index contributed by atoms with van der Waals surface area (Å²) in [5.74, 6) is -1.20. The number of nitrogens with two attached hydrogens (primary N) is 1. The number of carbonyl (C=O) groups is 1. The van der Waals surface area contributed by atoms with E-state index in [9.17, 15) is 13.2 Å². The Bertz CT molecular complexity index is 584. The highest BCUT2D eigenvalue weighted by atomic mass is 32.2. The molecule has 0 saturated carbocycles. The van der Waals surface area contributed by atoms with Crippen molar-refractivity contribution < 1.29 is 17.9 Å². The Morgan fingerprint density at radius 3 is 2.70 bits per heavy atom. The average Bonchev–Trinajstić information content (AvgIpc) is 2.31. The number of methoxy groups -OCH3 is 1. The van der Waals surface area contributed by atoms with Gasteiger partial charge in [0.2, 0.25) is 5.91 Å². The summed E-state index contributed by atoms with van der Waals surface area (Å²) in [7, 11) is -2.24. The van der Waals surface area contributed by atoms with Gasteiger partial charge in [-0.2, -0.15) is 0 Å². The quantitative estimate of drug-likeness (QED) is 0.746. The van der Waals surface area contributed by atoms with Crippen LogP contribution in [-0.2, 0) is 19.4 Å². The second-order valence-corrected chi connectivity index (χ2v) is 6.63. The molecular formula is C13H20N2O4S. The van der Waals surface area contributed by atoms with Crippen LogP contribution in [0.15, 0.2) is 23.1 Å². The van der Waals surface area contributed by atoms with E-state index in [4.69, 9.17) is 10.5 Å². The van der Waals surface area contributed by atoms with Crippen LogP contribution >= 0.6 is 0 Å². The minimum absolute atomic E-state index is 0.00737. The van der Waals surface area contributed by atoms with Crippen molar-refractivity contribution in [2.24, 2.45) is 0 Å². The molecule has 1 unspecified atom stereocenters. The van der Waals surface area contributed by atoms with Gasteiger partial charge in [-0.05, 0) is 25.5 Å². The summed E-state index contributed by atoms with van der Waals surface area (Å²) < 4.78 is 29.2. The van der Waals surface area contributed by atoms with Crippen molar-refractivity contribution >= 4 is 21.4 Å². The Morgan fingerprint density at radius 2 is 2.10 bits per heavy atom. The van der Waals surface area contributed by atoms with Crippen LogP contribution in [0.1, 0.15) is 12.5 Å². The van der Waals surface area contributed by atoms with Gasteiger partial charge in [0.15, 0.2) is 9.84 Å². The first kappa shape index (κ1) is 16.5. The number of aryl methyl sites for hydroxylation is 1. The van der Waals surface area contributed by atoms with Crippen LogP contribution < -0.4 is 11.1 Å². The van der Waals surface area contributed by atoms with E-state index in [-0.39, 0.29) is 16.6 Å². The minimum atomic E-state index is -3.75. The Morgan fingerprint density at radius 1 is 1.45 bits per heavy atom. The van der Waals surface area contributed by atoms with Crippen LogP contribution in [0, 0.1) is 6.92 Å². The van der Waals surface area contributed by atoms with Crippen molar-refractivity contribution in [2.75, 3.05) is 25.2 Å². The van der Waals surface area contributed by atoms with Gasteiger partial charge in [-0.1, -0.05) is 12.1 Å². The normalized spacial score (nSPS) is 12.9. The molecule has 0 bridgehead atoms. The molecule has 112 valence electrons. The van der Waals surface area contributed by atoms with Crippen LogP contribution in [0.4, 0.5) is 5.69 Å². The van der Waals surface area contributed by atoms with Gasteiger partial charge in [-0.3, -0.25) is 4.79 Å². The molecule has 7 heteroatoms. The van der Waals surface area contributed by atoms with E-state index in [1.165, 1.54) is 13.2 Å². The van der Waals surface area contributed by atoms with Gasteiger partial charge in [0.25, 0.3) is 0 Å². The zero-order chi connectivity index (χ0) is 15.3. The standard InChI is InChI=1S/C13H20N2O4S/c1-9-5-4-6-11(13(9)14)20(17,18)8-12(16)15-10(2)7-19-3/h4-6,10H,7-8,14H2,1-3H3,(H,15,16). The van der Waals surface area contributed by atoms with Gasteiger partial charge < -0.3 is 15.8 Å². The molecule has 0 aliphatic carbocycles. The molecule has 0 aromatic heterocycles. The van der Waals surface area contributed by atoms with Crippen molar-refractivity contribution in [1.29, 1.82) is 0 Å². The number of rotatable bonds is 6. The molecule has 0 saturated heterocycles. The van der Waals surface area contributed by atoms with E-state index in [2.05, 4.69) is 5.32 Å². The molecule has 0 aliphatic rings. The van der Waals surface area contributed by atoms with Crippen LogP contribution in [0.3, 0.4) is 0 Å². The van der Waals surface area contributed by atoms with Crippen LogP contribution in [0.2, 0.25) is 0 Å². The fourth-order valence-corrected chi connectivity index (χ4v) is 3.15. The van der Waals surface area contributed by atoms with Gasteiger partial charge in [0, 0.05) is 13.2 Å². The molecule has 0 spiro atoms. The first-order chi connectivity index (χ1) is 9.27. The number of hydrogen-bond acceptors (Lipinski definition) is 5. The highest BCUT2D eigenvalue weighted by molar-refractivity contribution is 7.92. The maximum atomic E-state index is 12.2. The summed E-state index contributed by atoms with van der Waals surface area (Å²) >= 11 is 0. The molecule has 20 heavy (non-hydrogen) atoms. The predicted octanol–water partition coefficient (Wildman–Crippen LogP) is 0.502. The fraction of sp³-hybridized carbons (Fsp3) is 0.462. The first-order valence-corrected chi connectivity index (χ1v) is 7.79. The average molecular weight is 300 g/mol. The Hall–Kier alpha value is -1.60. The van der Waals surface area contributed by atoms with Crippen molar-refractivity contribution in [3.05, 3.63) is 23.8 Å². The third-order valence-corrected chi connectivity index (χ3v) is 4.43. The summed E-state index contributed by atoms with van der Waals surface area (Å²) in [6, 6.07) is 4.47. The van der Waals surface area contributed by atoms with E-state index in [0.29, 0.717) is 12.2 Å². The summed E-state index contributed by atoms with van der Waals surface area (Å²) in [5, 5.41) is 2.56. The van der Waals surface area contributed by atoms with Gasteiger partial charge in [-0.15, -0.1) is 0 Å². The van der Waals surface area contributed by atoms with Gasteiger partial charge in [0.1, 0.15) is 5.75 Å². The number of para-hydroxylation sites is 1. The van der Waals surface area contributed by atoms with Crippen LogP contribution in [-0.4, -0.2) is 39.8 Å². The van der Waals surface area contributed by atoms with E-state index in [1.54, 1.807) is 26.0 Å². The van der Waals surface area contributed by atoms with Gasteiger partial charge in [-0.25, -0.2) is 8.42 Å². The number of carbonyl (C=O) groups excluding carboxylic acids is 1. The second-order valence-electron chi connectivity index (χ2n) is 4.67. The van der Waals surface area contributed by atoms with Crippen molar-refractivity contribution in [2.45, 2.75) is 24.8 Å². The van der Waals surface area contributed by atoms with Crippen molar-refractivity contribution in [3.8, 4) is 0 Å². The number of hydrogen-bond donors (Lipinski definition) is 2. The fourth-order valence-electron chi connectivity index (χ4n) is 1.78. The zero-order valence-corrected chi connectivity index (χ0v) is 12.7. The monoisotopic (exact) mass is 300 g/mol. The summed E-state index contributed by atoms with van der Waals surface area (Å²) in [6.07, 6.45) is 0. The number of ether oxygens (including phenoxy) is 1. The molecule has 1 rings (SSSR count). The molecule has 1 aromatic carbocycles. The smallest absolute Gasteiger partial charge is 0.235 e. The number of amides is 1. The summed E-state index contributed by atoms with van der Waals surface area (Å²) in [4.78, 5) is 11.7. The molecular weight excluding hydrogens is 280 g/mol. The topological polar surface area (TPSA) is 98.5 Å². The highest BCUT2D eigenvalue weighted by Crippen LogP contribution is 2.22. The largest absolute Gasteiger partial charge is 0.397 e. The predicted molar refractivity (Wildman–Crippen MR) is 77.1 cm³/mol. The van der Waals surface area contributed by atoms with E-state index in [0.717, 1.165) is 0 Å². The third kappa shape index (κ3) is 4.21. The molecule has 0 heterocycles.